The topological polar surface area (TPSA) is 124 Å². The molecule has 1 aliphatic heterocycles. The molecule has 2 heterocycles. The molecule has 174 valence electrons. The number of sulfonamides is 1. The summed E-state index contributed by atoms with van der Waals surface area (Å²) < 4.78 is 40.0. The average molecular weight is 464 g/mol. The molecule has 1 aromatic heterocycles. The Morgan fingerprint density at radius 2 is 2.06 bits per heavy atom. The number of nitrogens with one attached hydrogen (secondary N) is 2. The molecule has 0 bridgehead atoms. The van der Waals surface area contributed by atoms with Crippen LogP contribution in [0.4, 0.5) is 4.79 Å². The first-order chi connectivity index (χ1) is 15.5. The maximum atomic E-state index is 12.5. The van der Waals surface area contributed by atoms with Crippen molar-refractivity contribution in [2.45, 2.75) is 50.9 Å². The SMILES string of the molecule is O=C(N[C@@H]1CC[C@H](CS(=O)(=O)NCc2cn(C3CCOC3)nn2)C1)OCc1ccccc1. The highest BCUT2D eigenvalue weighted by molar-refractivity contribution is 7.89. The van der Waals surface area contributed by atoms with Gasteiger partial charge in [0.1, 0.15) is 6.61 Å². The summed E-state index contributed by atoms with van der Waals surface area (Å²) in [7, 11) is -3.47. The van der Waals surface area contributed by atoms with Crippen molar-refractivity contribution in [3.05, 3.63) is 47.8 Å². The lowest BCUT2D eigenvalue weighted by molar-refractivity contribution is 0.135. The summed E-state index contributed by atoms with van der Waals surface area (Å²) in [4.78, 5) is 12.0. The third kappa shape index (κ3) is 6.50. The van der Waals surface area contributed by atoms with E-state index in [2.05, 4.69) is 20.4 Å². The van der Waals surface area contributed by atoms with Gasteiger partial charge in [-0.15, -0.1) is 5.10 Å². The van der Waals surface area contributed by atoms with Crippen LogP contribution in [0.3, 0.4) is 0 Å². The van der Waals surface area contributed by atoms with Crippen LogP contribution in [-0.4, -0.2) is 54.5 Å². The fourth-order valence-electron chi connectivity index (χ4n) is 4.15. The molecular formula is C21H29N5O5S. The van der Waals surface area contributed by atoms with Crippen LogP contribution < -0.4 is 10.0 Å². The van der Waals surface area contributed by atoms with Crippen molar-refractivity contribution < 1.29 is 22.7 Å². The van der Waals surface area contributed by atoms with Crippen LogP contribution in [0.25, 0.3) is 0 Å². The summed E-state index contributed by atoms with van der Waals surface area (Å²) in [5.41, 5.74) is 1.49. The van der Waals surface area contributed by atoms with Crippen LogP contribution in [0.1, 0.15) is 43.0 Å². The van der Waals surface area contributed by atoms with Crippen molar-refractivity contribution in [3.8, 4) is 0 Å². The number of ether oxygens (including phenoxy) is 2. The van der Waals surface area contributed by atoms with Gasteiger partial charge >= 0.3 is 6.09 Å². The third-order valence-electron chi connectivity index (χ3n) is 5.84. The van der Waals surface area contributed by atoms with E-state index in [-0.39, 0.29) is 36.9 Å². The number of amides is 1. The molecular weight excluding hydrogens is 434 g/mol. The summed E-state index contributed by atoms with van der Waals surface area (Å²) >= 11 is 0. The number of benzene rings is 1. The minimum Gasteiger partial charge on any atom is -0.445 e. The van der Waals surface area contributed by atoms with E-state index in [9.17, 15) is 13.2 Å². The van der Waals surface area contributed by atoms with E-state index >= 15 is 0 Å². The zero-order valence-corrected chi connectivity index (χ0v) is 18.7. The molecule has 1 aliphatic carbocycles. The number of aromatic nitrogens is 3. The molecule has 1 saturated carbocycles. The van der Waals surface area contributed by atoms with Crippen molar-refractivity contribution in [2.24, 2.45) is 5.92 Å². The van der Waals surface area contributed by atoms with Gasteiger partial charge in [-0.3, -0.25) is 0 Å². The van der Waals surface area contributed by atoms with Crippen molar-refractivity contribution >= 4 is 16.1 Å². The van der Waals surface area contributed by atoms with Crippen molar-refractivity contribution in [1.82, 2.24) is 25.0 Å². The van der Waals surface area contributed by atoms with Crippen LogP contribution in [0.5, 0.6) is 0 Å². The number of hydrogen-bond acceptors (Lipinski definition) is 7. The zero-order valence-electron chi connectivity index (χ0n) is 17.9. The number of carbonyl (C=O) groups is 1. The highest BCUT2D eigenvalue weighted by Gasteiger charge is 2.30. The summed E-state index contributed by atoms with van der Waals surface area (Å²) in [6.07, 6.45) is 4.25. The standard InChI is InChI=1S/C21H29N5O5S/c27-21(31-13-16-4-2-1-3-5-16)23-18-7-6-17(10-18)15-32(28,29)22-11-19-12-26(25-24-19)20-8-9-30-14-20/h1-5,12,17-18,20,22H,6-11,13-15H2,(H,23,27)/t17-,18+,20?/m0/s1. The van der Waals surface area contributed by atoms with E-state index in [1.165, 1.54) is 0 Å². The summed E-state index contributed by atoms with van der Waals surface area (Å²) in [6, 6.07) is 9.54. The van der Waals surface area contributed by atoms with Crippen molar-refractivity contribution in [2.75, 3.05) is 19.0 Å². The van der Waals surface area contributed by atoms with Gasteiger partial charge in [0, 0.05) is 12.6 Å². The second-order valence-electron chi connectivity index (χ2n) is 8.39. The van der Waals surface area contributed by atoms with Gasteiger partial charge in [0.25, 0.3) is 0 Å². The van der Waals surface area contributed by atoms with E-state index in [1.54, 1.807) is 10.9 Å². The maximum Gasteiger partial charge on any atom is 0.407 e. The molecule has 2 N–H and O–H groups in total. The summed E-state index contributed by atoms with van der Waals surface area (Å²) in [5, 5.41) is 11.0. The highest BCUT2D eigenvalue weighted by atomic mass is 32.2. The number of carbonyl (C=O) groups excluding carboxylic acids is 1. The number of nitrogens with zero attached hydrogens (tertiary/aromatic N) is 3. The van der Waals surface area contributed by atoms with E-state index < -0.39 is 16.1 Å². The molecule has 2 aromatic rings. The molecule has 1 unspecified atom stereocenters. The Morgan fingerprint density at radius 3 is 2.84 bits per heavy atom. The molecule has 2 aliphatic rings. The Hall–Kier alpha value is -2.50. The van der Waals surface area contributed by atoms with Gasteiger partial charge in [-0.05, 0) is 37.2 Å². The minimum atomic E-state index is -3.47. The molecule has 11 heteroatoms. The number of rotatable bonds is 9. The van der Waals surface area contributed by atoms with Crippen LogP contribution in [-0.2, 0) is 32.6 Å². The minimum absolute atomic E-state index is 0.0155. The number of hydrogen-bond donors (Lipinski definition) is 2. The van der Waals surface area contributed by atoms with Gasteiger partial charge in [-0.25, -0.2) is 22.6 Å². The first kappa shape index (κ1) is 22.7. The summed E-state index contributed by atoms with van der Waals surface area (Å²) in [6.45, 7) is 1.62. The Balaban J connectivity index is 1.17. The first-order valence-corrected chi connectivity index (χ1v) is 12.5. The second kappa shape index (κ2) is 10.4. The van der Waals surface area contributed by atoms with E-state index in [0.717, 1.165) is 24.8 Å². The highest BCUT2D eigenvalue weighted by Crippen LogP contribution is 2.27. The predicted octanol–water partition coefficient (Wildman–Crippen LogP) is 1.75. The molecule has 4 rings (SSSR count). The Bertz CT molecular complexity index is 991. The average Bonchev–Trinajstić information content (AvgIpc) is 3.53. The molecule has 32 heavy (non-hydrogen) atoms. The Labute approximate surface area is 187 Å². The largest absolute Gasteiger partial charge is 0.445 e. The molecule has 0 spiro atoms. The third-order valence-corrected chi connectivity index (χ3v) is 7.34. The van der Waals surface area contributed by atoms with Gasteiger partial charge in [0.15, 0.2) is 0 Å². The van der Waals surface area contributed by atoms with Crippen LogP contribution in [0, 0.1) is 5.92 Å². The molecule has 1 aromatic carbocycles. The van der Waals surface area contributed by atoms with Gasteiger partial charge in [0.05, 0.1) is 36.8 Å². The first-order valence-electron chi connectivity index (χ1n) is 10.9. The zero-order chi connectivity index (χ0) is 22.4. The normalized spacial score (nSPS) is 23.3. The summed E-state index contributed by atoms with van der Waals surface area (Å²) in [5.74, 6) is 0.00715. The fourth-order valence-corrected chi connectivity index (χ4v) is 5.55. The van der Waals surface area contributed by atoms with Gasteiger partial charge in [-0.2, -0.15) is 0 Å². The van der Waals surface area contributed by atoms with E-state index in [1.807, 2.05) is 30.3 Å². The lowest BCUT2D eigenvalue weighted by atomic mass is 10.1. The van der Waals surface area contributed by atoms with Crippen molar-refractivity contribution in [1.29, 1.82) is 0 Å². The predicted molar refractivity (Wildman–Crippen MR) is 116 cm³/mol. The van der Waals surface area contributed by atoms with Crippen LogP contribution >= 0.6 is 0 Å². The Kier molecular flexibility index (Phi) is 7.38. The number of alkyl carbamates (subject to hydrolysis) is 1. The van der Waals surface area contributed by atoms with Gasteiger partial charge < -0.3 is 14.8 Å². The maximum absolute atomic E-state index is 12.5. The quantitative estimate of drug-likeness (QED) is 0.580. The smallest absolute Gasteiger partial charge is 0.407 e. The van der Waals surface area contributed by atoms with Crippen LogP contribution in [0.2, 0.25) is 0 Å². The Morgan fingerprint density at radius 1 is 1.22 bits per heavy atom. The van der Waals surface area contributed by atoms with E-state index in [0.29, 0.717) is 25.3 Å². The molecule has 2 fully saturated rings. The van der Waals surface area contributed by atoms with Crippen LogP contribution in [0.15, 0.2) is 36.5 Å². The lowest BCUT2D eigenvalue weighted by Gasteiger charge is -2.14. The monoisotopic (exact) mass is 463 g/mol. The molecule has 3 atom stereocenters. The second-order valence-corrected chi connectivity index (χ2v) is 10.2. The van der Waals surface area contributed by atoms with Gasteiger partial charge in [0.2, 0.25) is 10.0 Å². The van der Waals surface area contributed by atoms with Gasteiger partial charge in [-0.1, -0.05) is 35.5 Å². The molecule has 1 amide bonds. The fraction of sp³-hybridized carbons (Fsp3) is 0.571. The van der Waals surface area contributed by atoms with E-state index in [4.69, 9.17) is 9.47 Å². The van der Waals surface area contributed by atoms with Crippen molar-refractivity contribution in [3.63, 3.8) is 0 Å². The molecule has 10 nitrogen and oxygen atoms in total. The molecule has 0 radical (unpaired) electrons. The lowest BCUT2D eigenvalue weighted by Crippen LogP contribution is -2.34. The molecule has 1 saturated heterocycles.